The maximum Gasteiger partial charge on any atom is 0.150 e. The van der Waals surface area contributed by atoms with Gasteiger partial charge in [0.25, 0.3) is 0 Å². The second-order valence-electron chi connectivity index (χ2n) is 4.50. The first-order valence-electron chi connectivity index (χ1n) is 6.54. The van der Waals surface area contributed by atoms with Gasteiger partial charge in [0.2, 0.25) is 0 Å². The van der Waals surface area contributed by atoms with E-state index in [4.69, 9.17) is 9.47 Å². The minimum atomic E-state index is -2.99. The van der Waals surface area contributed by atoms with Crippen molar-refractivity contribution in [2.45, 2.75) is 25.9 Å². The smallest absolute Gasteiger partial charge is 0.150 e. The van der Waals surface area contributed by atoms with Crippen LogP contribution in [0.25, 0.3) is 0 Å². The van der Waals surface area contributed by atoms with Crippen molar-refractivity contribution in [2.75, 3.05) is 25.7 Å². The zero-order valence-electron chi connectivity index (χ0n) is 12.1. The molecular weight excluding hydrogens is 280 g/mol. The molecule has 0 spiro atoms. The predicted octanol–water partition coefficient (Wildman–Crippen LogP) is 1.95. The molecule has 1 aromatic carbocycles. The lowest BCUT2D eigenvalue weighted by molar-refractivity contribution is 0.162. The molecule has 114 valence electrons. The Labute approximate surface area is 120 Å². The van der Waals surface area contributed by atoms with Crippen molar-refractivity contribution < 1.29 is 23.0 Å². The summed E-state index contributed by atoms with van der Waals surface area (Å²) in [4.78, 5) is 0. The van der Waals surface area contributed by atoms with Gasteiger partial charge in [0.1, 0.15) is 21.3 Å². The molecule has 0 amide bonds. The number of aliphatic hydroxyl groups excluding tert-OH is 1. The number of aliphatic hydroxyl groups is 1. The Balaban J connectivity index is 2.73. The van der Waals surface area contributed by atoms with Crippen LogP contribution in [-0.2, 0) is 9.84 Å². The summed E-state index contributed by atoms with van der Waals surface area (Å²) in [6.45, 7) is 1.62. The fourth-order valence-corrected chi connectivity index (χ4v) is 2.79. The van der Waals surface area contributed by atoms with Gasteiger partial charge in [-0.3, -0.25) is 0 Å². The van der Waals surface area contributed by atoms with Gasteiger partial charge in [-0.2, -0.15) is 0 Å². The number of hydrogen-bond acceptors (Lipinski definition) is 5. The van der Waals surface area contributed by atoms with Crippen LogP contribution in [0.15, 0.2) is 18.2 Å². The molecule has 1 atom stereocenters. The molecule has 6 heteroatoms. The molecule has 0 saturated carbocycles. The van der Waals surface area contributed by atoms with Gasteiger partial charge in [0.15, 0.2) is 0 Å². The van der Waals surface area contributed by atoms with Crippen molar-refractivity contribution in [1.82, 2.24) is 0 Å². The van der Waals surface area contributed by atoms with E-state index in [9.17, 15) is 13.5 Å². The Morgan fingerprint density at radius 2 is 1.95 bits per heavy atom. The van der Waals surface area contributed by atoms with Crippen LogP contribution in [0, 0.1) is 0 Å². The summed E-state index contributed by atoms with van der Waals surface area (Å²) in [6.07, 6.45) is 0.00704. The lowest BCUT2D eigenvalue weighted by atomic mass is 10.0. The number of hydrogen-bond donors (Lipinski definition) is 1. The van der Waals surface area contributed by atoms with Crippen molar-refractivity contribution >= 4 is 9.84 Å². The highest BCUT2D eigenvalue weighted by molar-refractivity contribution is 7.91. The maximum atomic E-state index is 11.4. The van der Waals surface area contributed by atoms with Crippen molar-refractivity contribution in [2.24, 2.45) is 0 Å². The summed E-state index contributed by atoms with van der Waals surface area (Å²) >= 11 is 0. The molecule has 1 N–H and O–H groups in total. The minimum Gasteiger partial charge on any atom is -0.497 e. The van der Waals surface area contributed by atoms with Crippen LogP contribution in [0.3, 0.4) is 0 Å². The van der Waals surface area contributed by atoms with Crippen molar-refractivity contribution in [3.63, 3.8) is 0 Å². The average Bonchev–Trinajstić information content (AvgIpc) is 2.46. The highest BCUT2D eigenvalue weighted by atomic mass is 32.2. The summed E-state index contributed by atoms with van der Waals surface area (Å²) in [5.74, 6) is 1.41. The SMILES string of the molecule is CCS(=O)(=O)CCCC(O)c1cc(OC)ccc1OC. The van der Waals surface area contributed by atoms with Crippen molar-refractivity contribution in [3.05, 3.63) is 23.8 Å². The Morgan fingerprint density at radius 3 is 2.50 bits per heavy atom. The molecular formula is C14H22O5S. The fraction of sp³-hybridized carbons (Fsp3) is 0.571. The molecule has 0 bridgehead atoms. The lowest BCUT2D eigenvalue weighted by Gasteiger charge is -2.15. The standard InChI is InChI=1S/C14H22O5S/c1-4-20(16,17)9-5-6-13(15)12-10-11(18-2)7-8-14(12)19-3/h7-8,10,13,15H,4-6,9H2,1-3H3. The Bertz CT molecular complexity index is 524. The molecule has 0 fully saturated rings. The van der Waals surface area contributed by atoms with Crippen LogP contribution in [0.4, 0.5) is 0 Å². The van der Waals surface area contributed by atoms with Gasteiger partial charge in [-0.05, 0) is 31.0 Å². The maximum absolute atomic E-state index is 11.4. The van der Waals surface area contributed by atoms with Crippen LogP contribution < -0.4 is 9.47 Å². The second kappa shape index (κ2) is 7.50. The highest BCUT2D eigenvalue weighted by Crippen LogP contribution is 2.31. The van der Waals surface area contributed by atoms with Gasteiger partial charge >= 0.3 is 0 Å². The molecule has 1 unspecified atom stereocenters. The zero-order chi connectivity index (χ0) is 15.2. The molecule has 1 aromatic rings. The summed E-state index contributed by atoms with van der Waals surface area (Å²) in [6, 6.07) is 5.18. The molecule has 0 aliphatic heterocycles. The first kappa shape index (κ1) is 16.8. The predicted molar refractivity (Wildman–Crippen MR) is 78.1 cm³/mol. The Morgan fingerprint density at radius 1 is 1.25 bits per heavy atom. The van der Waals surface area contributed by atoms with E-state index in [0.717, 1.165) is 0 Å². The van der Waals surface area contributed by atoms with Crippen molar-refractivity contribution in [3.8, 4) is 11.5 Å². The monoisotopic (exact) mass is 302 g/mol. The van der Waals surface area contributed by atoms with E-state index in [1.165, 1.54) is 7.11 Å². The number of sulfone groups is 1. The Kier molecular flexibility index (Phi) is 6.29. The van der Waals surface area contributed by atoms with Crippen LogP contribution in [-0.4, -0.2) is 39.2 Å². The van der Waals surface area contributed by atoms with Gasteiger partial charge in [0, 0.05) is 11.3 Å². The van der Waals surface area contributed by atoms with Crippen molar-refractivity contribution in [1.29, 1.82) is 0 Å². The van der Waals surface area contributed by atoms with E-state index >= 15 is 0 Å². The number of rotatable bonds is 8. The first-order valence-corrected chi connectivity index (χ1v) is 8.36. The normalized spacial score (nSPS) is 13.0. The number of ether oxygens (including phenoxy) is 2. The van der Waals surface area contributed by atoms with E-state index in [2.05, 4.69) is 0 Å². The van der Waals surface area contributed by atoms with Gasteiger partial charge < -0.3 is 14.6 Å². The van der Waals surface area contributed by atoms with Gasteiger partial charge in [-0.15, -0.1) is 0 Å². The topological polar surface area (TPSA) is 72.8 Å². The average molecular weight is 302 g/mol. The van der Waals surface area contributed by atoms with Gasteiger partial charge in [-0.25, -0.2) is 8.42 Å². The summed E-state index contributed by atoms with van der Waals surface area (Å²) < 4.78 is 33.1. The van der Waals surface area contributed by atoms with Gasteiger partial charge in [0.05, 0.1) is 26.1 Å². The highest BCUT2D eigenvalue weighted by Gasteiger charge is 2.16. The molecule has 0 saturated heterocycles. The largest absolute Gasteiger partial charge is 0.497 e. The molecule has 0 heterocycles. The molecule has 0 aromatic heterocycles. The summed E-state index contributed by atoms with van der Waals surface area (Å²) in [5, 5.41) is 10.2. The molecule has 1 rings (SSSR count). The molecule has 5 nitrogen and oxygen atoms in total. The number of benzene rings is 1. The minimum absolute atomic E-state index is 0.0901. The third-order valence-corrected chi connectivity index (χ3v) is 4.96. The molecule has 0 aliphatic carbocycles. The van der Waals surface area contributed by atoms with E-state index in [1.807, 2.05) is 0 Å². The molecule has 20 heavy (non-hydrogen) atoms. The second-order valence-corrected chi connectivity index (χ2v) is 6.98. The van der Waals surface area contributed by atoms with E-state index in [1.54, 1.807) is 32.2 Å². The number of methoxy groups -OCH3 is 2. The third-order valence-electron chi connectivity index (χ3n) is 3.17. The lowest BCUT2D eigenvalue weighted by Crippen LogP contribution is -2.10. The van der Waals surface area contributed by atoms with E-state index < -0.39 is 15.9 Å². The molecule has 0 aliphatic rings. The van der Waals surface area contributed by atoms with Crippen LogP contribution in [0.5, 0.6) is 11.5 Å². The third kappa shape index (κ3) is 4.68. The van der Waals surface area contributed by atoms with Crippen LogP contribution >= 0.6 is 0 Å². The summed E-state index contributed by atoms with van der Waals surface area (Å²) in [5.41, 5.74) is 0.612. The quantitative estimate of drug-likeness (QED) is 0.794. The summed E-state index contributed by atoms with van der Waals surface area (Å²) in [7, 11) is 0.0819. The fourth-order valence-electron chi connectivity index (χ4n) is 1.90. The first-order chi connectivity index (χ1) is 9.43. The van der Waals surface area contributed by atoms with E-state index in [0.29, 0.717) is 29.9 Å². The Hall–Kier alpha value is -1.27. The van der Waals surface area contributed by atoms with Crippen LogP contribution in [0.1, 0.15) is 31.4 Å². The van der Waals surface area contributed by atoms with Gasteiger partial charge in [-0.1, -0.05) is 6.92 Å². The van der Waals surface area contributed by atoms with Crippen LogP contribution in [0.2, 0.25) is 0 Å². The zero-order valence-corrected chi connectivity index (χ0v) is 12.9. The molecule has 0 radical (unpaired) electrons. The van der Waals surface area contributed by atoms with E-state index in [-0.39, 0.29) is 11.5 Å².